The van der Waals surface area contributed by atoms with E-state index in [0.29, 0.717) is 17.8 Å². The highest BCUT2D eigenvalue weighted by Gasteiger charge is 2.35. The minimum absolute atomic E-state index is 0.157. The van der Waals surface area contributed by atoms with Crippen LogP contribution in [0.4, 0.5) is 0 Å². The van der Waals surface area contributed by atoms with Gasteiger partial charge in [-0.25, -0.2) is 4.79 Å². The Morgan fingerprint density at radius 3 is 2.50 bits per heavy atom. The van der Waals surface area contributed by atoms with E-state index in [2.05, 4.69) is 26.1 Å². The molecule has 0 aliphatic heterocycles. The second kappa shape index (κ2) is 7.28. The van der Waals surface area contributed by atoms with Gasteiger partial charge in [0.2, 0.25) is 11.9 Å². The molecule has 0 saturated heterocycles. The fourth-order valence-corrected chi connectivity index (χ4v) is 2.81. The normalized spacial score (nSPS) is 27.5. The molecule has 0 aromatic carbocycles. The molecule has 1 unspecified atom stereocenters. The third-order valence-corrected chi connectivity index (χ3v) is 3.94. The van der Waals surface area contributed by atoms with E-state index in [9.17, 15) is 9.59 Å². The van der Waals surface area contributed by atoms with Crippen LogP contribution in [0.1, 0.15) is 47.0 Å². The maximum absolute atomic E-state index is 12.0. The lowest BCUT2D eigenvalue weighted by Crippen LogP contribution is -2.44. The van der Waals surface area contributed by atoms with E-state index in [1.54, 1.807) is 6.07 Å². The molecule has 1 aliphatic carbocycles. The number of nitrogens with zero attached hydrogens (tertiary/aromatic N) is 1. The SMILES string of the molecule is CC(=O)NC(C#N)C(=O)O[C@H]1C[C@@H](C)CC[C@@H]1C(C)C. The molecule has 1 rings (SSSR count). The van der Waals surface area contributed by atoms with Gasteiger partial charge in [0.1, 0.15) is 6.10 Å². The summed E-state index contributed by atoms with van der Waals surface area (Å²) in [4.78, 5) is 23.0. The zero-order valence-electron chi connectivity index (χ0n) is 12.7. The molecule has 112 valence electrons. The van der Waals surface area contributed by atoms with Gasteiger partial charge in [0.15, 0.2) is 0 Å². The number of ether oxygens (including phenoxy) is 1. The van der Waals surface area contributed by atoms with Gasteiger partial charge >= 0.3 is 5.97 Å². The lowest BCUT2D eigenvalue weighted by atomic mass is 9.75. The molecule has 1 aliphatic rings. The number of esters is 1. The van der Waals surface area contributed by atoms with Crippen LogP contribution in [0.15, 0.2) is 0 Å². The van der Waals surface area contributed by atoms with Crippen LogP contribution in [0.3, 0.4) is 0 Å². The molecule has 0 radical (unpaired) electrons. The molecule has 1 saturated carbocycles. The zero-order valence-corrected chi connectivity index (χ0v) is 12.7. The molecule has 0 bridgehead atoms. The van der Waals surface area contributed by atoms with Gasteiger partial charge in [-0.05, 0) is 30.6 Å². The standard InChI is InChI=1S/C15H24N2O3/c1-9(2)12-6-5-10(3)7-14(12)20-15(19)13(8-16)17-11(4)18/h9-10,12-14H,5-7H2,1-4H3,(H,17,18)/t10-,12+,13?,14-/m0/s1. The number of amides is 1. The van der Waals surface area contributed by atoms with Crippen molar-refractivity contribution in [1.82, 2.24) is 5.32 Å². The van der Waals surface area contributed by atoms with Crippen LogP contribution in [0.2, 0.25) is 0 Å². The highest BCUT2D eigenvalue weighted by molar-refractivity contribution is 5.85. The molecule has 5 heteroatoms. The van der Waals surface area contributed by atoms with E-state index in [1.807, 2.05) is 0 Å². The van der Waals surface area contributed by atoms with Crippen LogP contribution in [0.25, 0.3) is 0 Å². The highest BCUT2D eigenvalue weighted by atomic mass is 16.5. The molecule has 0 aromatic heterocycles. The minimum atomic E-state index is -1.21. The number of carbonyl (C=O) groups is 2. The maximum atomic E-state index is 12.0. The lowest BCUT2D eigenvalue weighted by molar-refractivity contribution is -0.157. The molecule has 4 atom stereocenters. The van der Waals surface area contributed by atoms with Crippen LogP contribution in [-0.2, 0) is 14.3 Å². The number of carbonyl (C=O) groups excluding carboxylic acids is 2. The Hall–Kier alpha value is -1.57. The van der Waals surface area contributed by atoms with Crippen LogP contribution in [-0.4, -0.2) is 24.0 Å². The van der Waals surface area contributed by atoms with Crippen molar-refractivity contribution in [3.05, 3.63) is 0 Å². The van der Waals surface area contributed by atoms with Crippen molar-refractivity contribution in [3.63, 3.8) is 0 Å². The summed E-state index contributed by atoms with van der Waals surface area (Å²) in [6.45, 7) is 7.67. The van der Waals surface area contributed by atoms with Gasteiger partial charge in [-0.3, -0.25) is 4.79 Å². The molecule has 5 nitrogen and oxygen atoms in total. The predicted molar refractivity (Wildman–Crippen MR) is 74.4 cm³/mol. The molecular formula is C15H24N2O3. The third-order valence-electron chi connectivity index (χ3n) is 3.94. The van der Waals surface area contributed by atoms with E-state index in [4.69, 9.17) is 10.00 Å². The monoisotopic (exact) mass is 280 g/mol. The third kappa shape index (κ3) is 4.52. The molecule has 1 N–H and O–H groups in total. The summed E-state index contributed by atoms with van der Waals surface area (Å²) in [7, 11) is 0. The Labute approximate surface area is 120 Å². The molecule has 20 heavy (non-hydrogen) atoms. The van der Waals surface area contributed by atoms with Crippen molar-refractivity contribution in [2.75, 3.05) is 0 Å². The van der Waals surface area contributed by atoms with E-state index >= 15 is 0 Å². The van der Waals surface area contributed by atoms with Gasteiger partial charge in [0.05, 0.1) is 6.07 Å². The predicted octanol–water partition coefficient (Wildman–Crippen LogP) is 2.02. The summed E-state index contributed by atoms with van der Waals surface area (Å²) in [5.74, 6) is 0.218. The summed E-state index contributed by atoms with van der Waals surface area (Å²) >= 11 is 0. The summed E-state index contributed by atoms with van der Waals surface area (Å²) < 4.78 is 5.51. The van der Waals surface area contributed by atoms with Crippen molar-refractivity contribution in [1.29, 1.82) is 5.26 Å². The number of hydrogen-bond acceptors (Lipinski definition) is 4. The average Bonchev–Trinajstić information content (AvgIpc) is 2.35. The van der Waals surface area contributed by atoms with Crippen molar-refractivity contribution in [3.8, 4) is 6.07 Å². The molecule has 1 amide bonds. The van der Waals surface area contributed by atoms with Gasteiger partial charge < -0.3 is 10.1 Å². The molecular weight excluding hydrogens is 256 g/mol. The summed E-state index contributed by atoms with van der Waals surface area (Å²) in [6.07, 6.45) is 2.85. The number of nitrogens with one attached hydrogen (secondary N) is 1. The molecule has 0 heterocycles. The average molecular weight is 280 g/mol. The first-order valence-corrected chi connectivity index (χ1v) is 7.22. The Balaban J connectivity index is 2.69. The first-order valence-electron chi connectivity index (χ1n) is 7.22. The second-order valence-corrected chi connectivity index (χ2v) is 6.06. The van der Waals surface area contributed by atoms with Gasteiger partial charge in [-0.1, -0.05) is 27.2 Å². The van der Waals surface area contributed by atoms with Crippen LogP contribution < -0.4 is 5.32 Å². The van der Waals surface area contributed by atoms with Crippen molar-refractivity contribution in [2.45, 2.75) is 59.1 Å². The molecule has 0 spiro atoms. The van der Waals surface area contributed by atoms with Crippen molar-refractivity contribution >= 4 is 11.9 Å². The first kappa shape index (κ1) is 16.5. The maximum Gasteiger partial charge on any atom is 0.343 e. The fourth-order valence-electron chi connectivity index (χ4n) is 2.81. The summed E-state index contributed by atoms with van der Waals surface area (Å²) in [6, 6.07) is 0.561. The largest absolute Gasteiger partial charge is 0.460 e. The second-order valence-electron chi connectivity index (χ2n) is 6.06. The highest BCUT2D eigenvalue weighted by Crippen LogP contribution is 2.35. The van der Waals surface area contributed by atoms with Gasteiger partial charge in [0, 0.05) is 6.92 Å². The van der Waals surface area contributed by atoms with Crippen molar-refractivity contribution in [2.24, 2.45) is 17.8 Å². The van der Waals surface area contributed by atoms with Gasteiger partial charge in [0.25, 0.3) is 0 Å². The Morgan fingerprint density at radius 1 is 1.35 bits per heavy atom. The minimum Gasteiger partial charge on any atom is -0.460 e. The zero-order chi connectivity index (χ0) is 15.3. The smallest absolute Gasteiger partial charge is 0.343 e. The fraction of sp³-hybridized carbons (Fsp3) is 0.800. The van der Waals surface area contributed by atoms with E-state index in [1.165, 1.54) is 6.92 Å². The van der Waals surface area contributed by atoms with Crippen LogP contribution >= 0.6 is 0 Å². The van der Waals surface area contributed by atoms with E-state index in [0.717, 1.165) is 19.3 Å². The van der Waals surface area contributed by atoms with E-state index < -0.39 is 17.9 Å². The van der Waals surface area contributed by atoms with Gasteiger partial charge in [-0.15, -0.1) is 0 Å². The van der Waals surface area contributed by atoms with Crippen molar-refractivity contribution < 1.29 is 14.3 Å². The van der Waals surface area contributed by atoms with Crippen LogP contribution in [0.5, 0.6) is 0 Å². The first-order chi connectivity index (χ1) is 9.35. The Kier molecular flexibility index (Phi) is 6.00. The number of hydrogen-bond donors (Lipinski definition) is 1. The van der Waals surface area contributed by atoms with Crippen LogP contribution in [0, 0.1) is 29.1 Å². The van der Waals surface area contributed by atoms with Gasteiger partial charge in [-0.2, -0.15) is 5.26 Å². The topological polar surface area (TPSA) is 79.2 Å². The number of rotatable bonds is 4. The lowest BCUT2D eigenvalue weighted by Gasteiger charge is -2.37. The van der Waals surface area contributed by atoms with E-state index in [-0.39, 0.29) is 6.10 Å². The molecule has 1 fully saturated rings. The Bertz CT molecular complexity index is 400. The number of nitriles is 1. The summed E-state index contributed by atoms with van der Waals surface area (Å²) in [5.41, 5.74) is 0. The Morgan fingerprint density at radius 2 is 2.00 bits per heavy atom. The quantitative estimate of drug-likeness (QED) is 0.799. The summed E-state index contributed by atoms with van der Waals surface area (Å²) in [5, 5.41) is 11.2. The molecule has 0 aromatic rings.